The lowest BCUT2D eigenvalue weighted by Gasteiger charge is -2.42. The van der Waals surface area contributed by atoms with Gasteiger partial charge >= 0.3 is 0 Å². The summed E-state index contributed by atoms with van der Waals surface area (Å²) in [6.07, 6.45) is 8.94. The number of nitrogens with two attached hydrogens (primary N) is 1. The lowest BCUT2D eigenvalue weighted by Crippen LogP contribution is -2.51. The summed E-state index contributed by atoms with van der Waals surface area (Å²) in [5, 5.41) is 0. The summed E-state index contributed by atoms with van der Waals surface area (Å²) in [4.78, 5) is 2.37. The van der Waals surface area contributed by atoms with Crippen molar-refractivity contribution in [3.8, 4) is 0 Å². The van der Waals surface area contributed by atoms with Gasteiger partial charge in [0, 0.05) is 24.2 Å². The third-order valence-corrected chi connectivity index (χ3v) is 4.31. The molecule has 1 fully saturated rings. The Labute approximate surface area is 104 Å². The Balaban J connectivity index is 1.95. The Morgan fingerprint density at radius 3 is 2.76 bits per heavy atom. The molecule has 0 amide bonds. The fourth-order valence-corrected chi connectivity index (χ4v) is 2.56. The van der Waals surface area contributed by atoms with Crippen molar-refractivity contribution in [2.45, 2.75) is 44.7 Å². The van der Waals surface area contributed by atoms with E-state index in [2.05, 4.69) is 18.9 Å². The molecule has 17 heavy (non-hydrogen) atoms. The molecule has 1 heterocycles. The summed E-state index contributed by atoms with van der Waals surface area (Å²) in [5.41, 5.74) is 7.34. The summed E-state index contributed by atoms with van der Waals surface area (Å²) in [6, 6.07) is 2.02. The van der Waals surface area contributed by atoms with Crippen LogP contribution in [0.2, 0.25) is 0 Å². The topological polar surface area (TPSA) is 42.4 Å². The molecule has 0 saturated heterocycles. The summed E-state index contributed by atoms with van der Waals surface area (Å²) in [5.74, 6) is 0.885. The van der Waals surface area contributed by atoms with Gasteiger partial charge in [0.1, 0.15) is 0 Å². The van der Waals surface area contributed by atoms with Crippen LogP contribution in [0.4, 0.5) is 0 Å². The predicted molar refractivity (Wildman–Crippen MR) is 69.6 cm³/mol. The van der Waals surface area contributed by atoms with Crippen molar-refractivity contribution in [2.75, 3.05) is 13.6 Å². The van der Waals surface area contributed by atoms with E-state index in [-0.39, 0.29) is 5.54 Å². The molecule has 1 unspecified atom stereocenters. The van der Waals surface area contributed by atoms with E-state index < -0.39 is 0 Å². The lowest BCUT2D eigenvalue weighted by atomic mass is 9.76. The molecule has 0 bridgehead atoms. The second-order valence-electron chi connectivity index (χ2n) is 5.69. The maximum absolute atomic E-state index is 6.00. The predicted octanol–water partition coefficient (Wildman–Crippen LogP) is 2.62. The minimum absolute atomic E-state index is 0.113. The number of likely N-dealkylation sites (N-methyl/N-ethyl adjacent to an activating group) is 1. The van der Waals surface area contributed by atoms with Crippen molar-refractivity contribution in [3.05, 3.63) is 24.2 Å². The van der Waals surface area contributed by atoms with Gasteiger partial charge in [-0.25, -0.2) is 0 Å². The third-order valence-electron chi connectivity index (χ3n) is 4.31. The van der Waals surface area contributed by atoms with Gasteiger partial charge in [0.15, 0.2) is 0 Å². The van der Waals surface area contributed by atoms with E-state index in [9.17, 15) is 0 Å². The first kappa shape index (κ1) is 12.7. The summed E-state index contributed by atoms with van der Waals surface area (Å²) in [7, 11) is 2.17. The Kier molecular flexibility index (Phi) is 3.89. The van der Waals surface area contributed by atoms with Crippen LogP contribution in [0, 0.1) is 5.92 Å². The summed E-state index contributed by atoms with van der Waals surface area (Å²) >= 11 is 0. The third kappa shape index (κ3) is 2.90. The van der Waals surface area contributed by atoms with Gasteiger partial charge in [0.05, 0.1) is 12.5 Å². The molecular weight excluding hydrogens is 212 g/mol. The average Bonchev–Trinajstić information content (AvgIpc) is 2.76. The molecule has 2 rings (SSSR count). The molecule has 3 heteroatoms. The van der Waals surface area contributed by atoms with Crippen LogP contribution in [-0.2, 0) is 6.54 Å². The number of rotatable bonds is 6. The van der Waals surface area contributed by atoms with E-state index >= 15 is 0 Å². The van der Waals surface area contributed by atoms with Crippen molar-refractivity contribution < 1.29 is 4.42 Å². The highest BCUT2D eigenvalue weighted by Gasteiger charge is 2.33. The Morgan fingerprint density at radius 2 is 2.29 bits per heavy atom. The van der Waals surface area contributed by atoms with Crippen LogP contribution < -0.4 is 5.73 Å². The molecule has 0 aliphatic heterocycles. The minimum atomic E-state index is 0.113. The van der Waals surface area contributed by atoms with Crippen LogP contribution >= 0.6 is 0 Å². The molecular formula is C14H24N2O. The maximum atomic E-state index is 6.00. The van der Waals surface area contributed by atoms with Crippen LogP contribution in [0.3, 0.4) is 0 Å². The van der Waals surface area contributed by atoms with Gasteiger partial charge in [-0.15, -0.1) is 0 Å². The standard InChI is InChI=1S/C14H24N2O/c1-14(11-15,8-12-4-3-5-12)16(2)9-13-6-7-17-10-13/h6-7,10,12H,3-5,8-9,11,15H2,1-2H3. The minimum Gasteiger partial charge on any atom is -0.472 e. The molecule has 0 radical (unpaired) electrons. The van der Waals surface area contributed by atoms with E-state index in [1.54, 1.807) is 6.26 Å². The highest BCUT2D eigenvalue weighted by Crippen LogP contribution is 2.35. The fraction of sp³-hybridized carbons (Fsp3) is 0.714. The van der Waals surface area contributed by atoms with E-state index in [1.165, 1.54) is 31.2 Å². The van der Waals surface area contributed by atoms with Crippen LogP contribution in [0.15, 0.2) is 23.0 Å². The van der Waals surface area contributed by atoms with Gasteiger partial charge < -0.3 is 10.2 Å². The van der Waals surface area contributed by atoms with Crippen LogP contribution in [0.1, 0.15) is 38.2 Å². The number of hydrogen-bond acceptors (Lipinski definition) is 3. The van der Waals surface area contributed by atoms with Crippen molar-refractivity contribution in [3.63, 3.8) is 0 Å². The molecule has 0 aromatic carbocycles. The summed E-state index contributed by atoms with van der Waals surface area (Å²) in [6.45, 7) is 3.92. The molecule has 1 atom stereocenters. The lowest BCUT2D eigenvalue weighted by molar-refractivity contribution is 0.0855. The molecule has 0 spiro atoms. The van der Waals surface area contributed by atoms with E-state index in [4.69, 9.17) is 10.2 Å². The second-order valence-corrected chi connectivity index (χ2v) is 5.69. The Morgan fingerprint density at radius 1 is 1.53 bits per heavy atom. The molecule has 1 aliphatic carbocycles. The largest absolute Gasteiger partial charge is 0.472 e. The van der Waals surface area contributed by atoms with Gasteiger partial charge in [-0.05, 0) is 32.4 Å². The smallest absolute Gasteiger partial charge is 0.0947 e. The van der Waals surface area contributed by atoms with Crippen molar-refractivity contribution in [1.82, 2.24) is 4.90 Å². The van der Waals surface area contributed by atoms with Crippen LogP contribution in [-0.4, -0.2) is 24.0 Å². The highest BCUT2D eigenvalue weighted by molar-refractivity contribution is 5.06. The molecule has 1 aromatic heterocycles. The van der Waals surface area contributed by atoms with Crippen LogP contribution in [0.25, 0.3) is 0 Å². The molecule has 1 aliphatic rings. The zero-order chi connectivity index (χ0) is 12.3. The zero-order valence-corrected chi connectivity index (χ0v) is 11.0. The number of hydrogen-bond donors (Lipinski definition) is 1. The van der Waals surface area contributed by atoms with Gasteiger partial charge in [0.2, 0.25) is 0 Å². The van der Waals surface area contributed by atoms with Gasteiger partial charge in [-0.3, -0.25) is 4.90 Å². The summed E-state index contributed by atoms with van der Waals surface area (Å²) < 4.78 is 5.12. The first-order valence-corrected chi connectivity index (χ1v) is 6.56. The van der Waals surface area contributed by atoms with Crippen molar-refractivity contribution in [1.29, 1.82) is 0 Å². The molecule has 1 saturated carbocycles. The highest BCUT2D eigenvalue weighted by atomic mass is 16.3. The molecule has 96 valence electrons. The first-order valence-electron chi connectivity index (χ1n) is 6.56. The first-order chi connectivity index (χ1) is 8.14. The Hall–Kier alpha value is -0.800. The number of nitrogens with zero attached hydrogens (tertiary/aromatic N) is 1. The molecule has 2 N–H and O–H groups in total. The Bertz CT molecular complexity index is 332. The van der Waals surface area contributed by atoms with Crippen molar-refractivity contribution >= 4 is 0 Å². The fourth-order valence-electron chi connectivity index (χ4n) is 2.56. The SMILES string of the molecule is CN(Cc1ccoc1)C(C)(CN)CC1CCC1. The quantitative estimate of drug-likeness (QED) is 0.825. The monoisotopic (exact) mass is 236 g/mol. The van der Waals surface area contributed by atoms with Gasteiger partial charge in [-0.2, -0.15) is 0 Å². The zero-order valence-electron chi connectivity index (χ0n) is 11.0. The van der Waals surface area contributed by atoms with Gasteiger partial charge in [-0.1, -0.05) is 19.3 Å². The van der Waals surface area contributed by atoms with Gasteiger partial charge in [0.25, 0.3) is 0 Å². The van der Waals surface area contributed by atoms with E-state index in [1.807, 2.05) is 12.3 Å². The number of furan rings is 1. The molecule has 1 aromatic rings. The van der Waals surface area contributed by atoms with E-state index in [0.717, 1.165) is 19.0 Å². The van der Waals surface area contributed by atoms with Crippen molar-refractivity contribution in [2.24, 2.45) is 11.7 Å². The molecule has 3 nitrogen and oxygen atoms in total. The second kappa shape index (κ2) is 5.23. The average molecular weight is 236 g/mol. The van der Waals surface area contributed by atoms with Crippen LogP contribution in [0.5, 0.6) is 0 Å². The maximum Gasteiger partial charge on any atom is 0.0947 e. The normalized spacial score (nSPS) is 20.2. The van der Waals surface area contributed by atoms with E-state index in [0.29, 0.717) is 0 Å².